The van der Waals surface area contributed by atoms with Gasteiger partial charge in [0.15, 0.2) is 22.5 Å². The third-order valence-corrected chi connectivity index (χ3v) is 5.26. The molecule has 1 heterocycles. The van der Waals surface area contributed by atoms with Crippen LogP contribution in [-0.2, 0) is 6.18 Å². The van der Waals surface area contributed by atoms with E-state index in [-0.39, 0.29) is 27.8 Å². The highest BCUT2D eigenvalue weighted by Gasteiger charge is 2.31. The van der Waals surface area contributed by atoms with Crippen molar-refractivity contribution in [2.45, 2.75) is 11.3 Å². The summed E-state index contributed by atoms with van der Waals surface area (Å²) in [6, 6.07) is 9.89. The van der Waals surface area contributed by atoms with Crippen LogP contribution < -0.4 is 14.8 Å². The molecular weight excluding hydrogens is 465 g/mol. The molecule has 3 aromatic rings. The van der Waals surface area contributed by atoms with Gasteiger partial charge in [-0.25, -0.2) is 9.97 Å². The molecule has 11 heteroatoms. The average molecular weight is 481 g/mol. The molecule has 0 radical (unpaired) electrons. The predicted molar refractivity (Wildman–Crippen MR) is 117 cm³/mol. The summed E-state index contributed by atoms with van der Waals surface area (Å²) in [5, 5.41) is 12.9. The SMILES string of the molecule is COc1ccc(-c2nc(SC)nc(Nc3cc(C(F)(F)F)ccc3Cl)c2C#N)cc1OC. The van der Waals surface area contributed by atoms with Gasteiger partial charge in [0.1, 0.15) is 11.6 Å². The number of halogens is 4. The summed E-state index contributed by atoms with van der Waals surface area (Å²) < 4.78 is 50.0. The molecule has 0 spiro atoms. The fourth-order valence-corrected chi connectivity index (χ4v) is 3.38. The fourth-order valence-electron chi connectivity index (χ4n) is 2.85. The van der Waals surface area contributed by atoms with Crippen LogP contribution in [0.2, 0.25) is 5.02 Å². The maximum Gasteiger partial charge on any atom is 0.416 e. The number of hydrogen-bond acceptors (Lipinski definition) is 7. The molecule has 0 aliphatic heterocycles. The number of rotatable bonds is 6. The Balaban J connectivity index is 2.16. The molecule has 0 bridgehead atoms. The minimum Gasteiger partial charge on any atom is -0.493 e. The van der Waals surface area contributed by atoms with Crippen LogP contribution in [0.5, 0.6) is 11.5 Å². The summed E-state index contributed by atoms with van der Waals surface area (Å²) in [7, 11) is 2.97. The number of thioether (sulfide) groups is 1. The topological polar surface area (TPSA) is 80.1 Å². The highest BCUT2D eigenvalue weighted by Crippen LogP contribution is 2.38. The molecule has 0 aliphatic carbocycles. The first-order valence-corrected chi connectivity index (χ1v) is 10.5. The van der Waals surface area contributed by atoms with Crippen molar-refractivity contribution in [2.24, 2.45) is 0 Å². The molecule has 166 valence electrons. The molecule has 6 nitrogen and oxygen atoms in total. The van der Waals surface area contributed by atoms with Gasteiger partial charge in [-0.3, -0.25) is 0 Å². The van der Waals surface area contributed by atoms with Gasteiger partial charge in [0, 0.05) is 5.56 Å². The van der Waals surface area contributed by atoms with Gasteiger partial charge in [0.2, 0.25) is 0 Å². The lowest BCUT2D eigenvalue weighted by molar-refractivity contribution is -0.137. The second-order valence-electron chi connectivity index (χ2n) is 6.28. The minimum atomic E-state index is -4.56. The maximum absolute atomic E-state index is 13.1. The highest BCUT2D eigenvalue weighted by atomic mass is 35.5. The number of aromatic nitrogens is 2. The van der Waals surface area contributed by atoms with E-state index in [4.69, 9.17) is 21.1 Å². The number of alkyl halides is 3. The van der Waals surface area contributed by atoms with Crippen molar-refractivity contribution in [1.29, 1.82) is 5.26 Å². The van der Waals surface area contributed by atoms with E-state index in [1.807, 2.05) is 6.07 Å². The fraction of sp³-hybridized carbons (Fsp3) is 0.190. The Morgan fingerprint density at radius 3 is 2.38 bits per heavy atom. The largest absolute Gasteiger partial charge is 0.493 e. The molecule has 0 aliphatic rings. The molecule has 0 amide bonds. The normalized spacial score (nSPS) is 11.1. The van der Waals surface area contributed by atoms with E-state index in [0.717, 1.165) is 18.2 Å². The molecule has 1 aromatic heterocycles. The molecule has 3 rings (SSSR count). The van der Waals surface area contributed by atoms with Crippen molar-refractivity contribution in [1.82, 2.24) is 9.97 Å². The van der Waals surface area contributed by atoms with Crippen molar-refractivity contribution >= 4 is 34.9 Å². The van der Waals surface area contributed by atoms with E-state index in [1.165, 1.54) is 26.0 Å². The number of methoxy groups -OCH3 is 2. The molecule has 1 N–H and O–H groups in total. The van der Waals surface area contributed by atoms with Gasteiger partial charge in [-0.05, 0) is 42.7 Å². The number of nitrogens with one attached hydrogen (secondary N) is 1. The first-order chi connectivity index (χ1) is 15.2. The van der Waals surface area contributed by atoms with Crippen molar-refractivity contribution in [2.75, 3.05) is 25.8 Å². The Labute approximate surface area is 191 Å². The molecular formula is C21H16ClF3N4O2S. The Hall–Kier alpha value is -3.16. The maximum atomic E-state index is 13.1. The second-order valence-corrected chi connectivity index (χ2v) is 7.46. The quantitative estimate of drug-likeness (QED) is 0.334. The monoisotopic (exact) mass is 480 g/mol. The summed E-state index contributed by atoms with van der Waals surface area (Å²) in [4.78, 5) is 8.70. The van der Waals surface area contributed by atoms with E-state index in [1.54, 1.807) is 24.5 Å². The molecule has 2 aromatic carbocycles. The van der Waals surface area contributed by atoms with Gasteiger partial charge >= 0.3 is 6.18 Å². The van der Waals surface area contributed by atoms with Gasteiger partial charge in [-0.1, -0.05) is 23.4 Å². The van der Waals surface area contributed by atoms with Crippen molar-refractivity contribution in [3.05, 3.63) is 52.5 Å². The summed E-state index contributed by atoms with van der Waals surface area (Å²) in [5.41, 5.74) is -0.0823. The van der Waals surface area contributed by atoms with Crippen LogP contribution in [0.25, 0.3) is 11.3 Å². The minimum absolute atomic E-state index is 0.0258. The lowest BCUT2D eigenvalue weighted by Gasteiger charge is -2.15. The lowest BCUT2D eigenvalue weighted by atomic mass is 10.1. The third-order valence-electron chi connectivity index (χ3n) is 4.39. The van der Waals surface area contributed by atoms with Crippen LogP contribution >= 0.6 is 23.4 Å². The smallest absolute Gasteiger partial charge is 0.416 e. The number of nitrogens with zero attached hydrogens (tertiary/aromatic N) is 3. The highest BCUT2D eigenvalue weighted by molar-refractivity contribution is 7.98. The molecule has 0 fully saturated rings. The van der Waals surface area contributed by atoms with E-state index < -0.39 is 11.7 Å². The predicted octanol–water partition coefficient (Wildman–Crippen LogP) is 6.17. The molecule has 0 unspecified atom stereocenters. The first kappa shape index (κ1) is 23.5. The summed E-state index contributed by atoms with van der Waals surface area (Å²) in [5.74, 6) is 0.939. The molecule has 32 heavy (non-hydrogen) atoms. The van der Waals surface area contributed by atoms with E-state index in [2.05, 4.69) is 15.3 Å². The van der Waals surface area contributed by atoms with Gasteiger partial charge < -0.3 is 14.8 Å². The van der Waals surface area contributed by atoms with Crippen LogP contribution in [-0.4, -0.2) is 30.4 Å². The third kappa shape index (κ3) is 4.84. The van der Waals surface area contributed by atoms with E-state index >= 15 is 0 Å². The lowest BCUT2D eigenvalue weighted by Crippen LogP contribution is -2.07. The van der Waals surface area contributed by atoms with Crippen LogP contribution in [0.3, 0.4) is 0 Å². The zero-order valence-corrected chi connectivity index (χ0v) is 18.6. The van der Waals surface area contributed by atoms with Crippen molar-refractivity contribution in [3.8, 4) is 28.8 Å². The summed E-state index contributed by atoms with van der Waals surface area (Å²) in [6.07, 6.45) is -2.82. The second kappa shape index (κ2) is 9.54. The number of nitriles is 1. The molecule has 0 atom stereocenters. The van der Waals surface area contributed by atoms with Crippen LogP contribution in [0.15, 0.2) is 41.6 Å². The Morgan fingerprint density at radius 1 is 1.06 bits per heavy atom. The van der Waals surface area contributed by atoms with Crippen molar-refractivity contribution in [3.63, 3.8) is 0 Å². The van der Waals surface area contributed by atoms with E-state index in [9.17, 15) is 18.4 Å². The van der Waals surface area contributed by atoms with Gasteiger partial charge in [0.25, 0.3) is 0 Å². The van der Waals surface area contributed by atoms with Crippen LogP contribution in [0.1, 0.15) is 11.1 Å². The number of benzene rings is 2. The standard InChI is InChI=1S/C21H16ClF3N4O2S/c1-30-16-7-4-11(8-17(16)31-2)18-13(10-26)19(29-20(28-18)32-3)27-15-9-12(21(23,24)25)5-6-14(15)22/h4-9H,1-3H3,(H,27,28,29). The van der Waals surface area contributed by atoms with Gasteiger partial charge in [-0.2, -0.15) is 18.4 Å². The number of hydrogen-bond donors (Lipinski definition) is 1. The first-order valence-electron chi connectivity index (χ1n) is 8.94. The van der Waals surface area contributed by atoms with E-state index in [0.29, 0.717) is 22.2 Å². The average Bonchev–Trinajstić information content (AvgIpc) is 2.78. The Morgan fingerprint density at radius 2 is 1.78 bits per heavy atom. The van der Waals surface area contributed by atoms with Gasteiger partial charge in [0.05, 0.1) is 36.2 Å². The Bertz CT molecular complexity index is 1200. The van der Waals surface area contributed by atoms with Crippen LogP contribution in [0, 0.1) is 11.3 Å². The van der Waals surface area contributed by atoms with Crippen molar-refractivity contribution < 1.29 is 22.6 Å². The molecule has 0 saturated carbocycles. The van der Waals surface area contributed by atoms with Crippen LogP contribution in [0.4, 0.5) is 24.7 Å². The Kier molecular flexibility index (Phi) is 7.01. The summed E-state index contributed by atoms with van der Waals surface area (Å²) >= 11 is 7.31. The number of ether oxygens (including phenoxy) is 2. The zero-order chi connectivity index (χ0) is 23.5. The van der Waals surface area contributed by atoms with Gasteiger partial charge in [-0.15, -0.1) is 0 Å². The zero-order valence-electron chi connectivity index (χ0n) is 17.0. The summed E-state index contributed by atoms with van der Waals surface area (Å²) in [6.45, 7) is 0. The number of anilines is 2. The molecule has 0 saturated heterocycles.